The number of aliphatic hydroxyl groups excluding tert-OH is 5. The Kier molecular flexibility index (Phi) is 8.64. The van der Waals surface area contributed by atoms with Crippen LogP contribution in [-0.4, -0.2) is 73.6 Å². The third kappa shape index (κ3) is 4.74. The molecule has 0 spiro atoms. The van der Waals surface area contributed by atoms with Gasteiger partial charge in [0.1, 0.15) is 24.4 Å². The first-order chi connectivity index (χ1) is 18.8. The van der Waals surface area contributed by atoms with Crippen LogP contribution in [-0.2, 0) is 4.74 Å². The molecule has 6 N–H and O–H groups in total. The Bertz CT molecular complexity index is 936. The van der Waals surface area contributed by atoms with Crippen LogP contribution in [0.15, 0.2) is 11.6 Å². The highest BCUT2D eigenvalue weighted by molar-refractivity contribution is 5.29. The fourth-order valence-corrected chi connectivity index (χ4v) is 10.8. The van der Waals surface area contributed by atoms with Crippen LogP contribution in [0, 0.1) is 52.3 Å². The largest absolute Gasteiger partial charge is 0.394 e. The molecular weight excluding hydrogens is 508 g/mol. The first-order valence-electron chi connectivity index (χ1n) is 16.2. The number of aliphatic hydroxyl groups is 6. The third-order valence-corrected chi connectivity index (χ3v) is 12.9. The third-order valence-electron chi connectivity index (χ3n) is 12.9. The minimum atomic E-state index is -2.20. The molecule has 0 aromatic carbocycles. The van der Waals surface area contributed by atoms with E-state index in [4.69, 9.17) is 4.74 Å². The fourth-order valence-electron chi connectivity index (χ4n) is 10.8. The zero-order valence-electron chi connectivity index (χ0n) is 25.4. The highest BCUT2D eigenvalue weighted by Gasteiger charge is 2.67. The second-order valence-electron chi connectivity index (χ2n) is 15.3. The zero-order valence-corrected chi connectivity index (χ0v) is 25.4. The molecule has 230 valence electrons. The van der Waals surface area contributed by atoms with Crippen molar-refractivity contribution in [1.29, 1.82) is 0 Å². The van der Waals surface area contributed by atoms with E-state index in [9.17, 15) is 30.6 Å². The summed E-state index contributed by atoms with van der Waals surface area (Å²) in [5, 5.41) is 65.1. The van der Waals surface area contributed by atoms with Gasteiger partial charge >= 0.3 is 0 Å². The summed E-state index contributed by atoms with van der Waals surface area (Å²) >= 11 is 0. The van der Waals surface area contributed by atoms with E-state index < -0.39 is 54.2 Å². The maximum absolute atomic E-state index is 12.0. The predicted octanol–water partition coefficient (Wildman–Crippen LogP) is 3.78. The lowest BCUT2D eigenvalue weighted by Crippen LogP contribution is -2.71. The normalized spacial score (nSPS) is 51.5. The van der Waals surface area contributed by atoms with E-state index in [1.807, 2.05) is 0 Å². The number of allylic oxidation sites excluding steroid dienone is 1. The van der Waals surface area contributed by atoms with Gasteiger partial charge in [-0.3, -0.25) is 0 Å². The van der Waals surface area contributed by atoms with Gasteiger partial charge in [-0.1, -0.05) is 65.5 Å². The quantitative estimate of drug-likeness (QED) is 0.260. The molecule has 0 bridgehead atoms. The fraction of sp³-hybridized carbons (Fsp3) is 0.939. The van der Waals surface area contributed by atoms with Crippen LogP contribution >= 0.6 is 0 Å². The van der Waals surface area contributed by atoms with Crippen molar-refractivity contribution in [3.8, 4) is 0 Å². The Hall–Kier alpha value is -0.540. The van der Waals surface area contributed by atoms with Crippen LogP contribution in [0.3, 0.4) is 0 Å². The summed E-state index contributed by atoms with van der Waals surface area (Å²) in [4.78, 5) is 0. The second kappa shape index (κ2) is 11.2. The van der Waals surface area contributed by atoms with Crippen LogP contribution in [0.2, 0.25) is 0 Å². The lowest BCUT2D eigenvalue weighted by Gasteiger charge is -2.63. The summed E-state index contributed by atoms with van der Waals surface area (Å²) in [7, 11) is 0. The average Bonchev–Trinajstić information content (AvgIpc) is 3.26. The van der Waals surface area contributed by atoms with E-state index in [1.54, 1.807) is 0 Å². The summed E-state index contributed by atoms with van der Waals surface area (Å²) < 4.78 is 5.92. The molecule has 1 aliphatic heterocycles. The number of hydrogen-bond acceptors (Lipinski definition) is 7. The lowest BCUT2D eigenvalue weighted by atomic mass is 9.43. The Morgan fingerprint density at radius 3 is 2.38 bits per heavy atom. The molecule has 1 saturated heterocycles. The molecule has 4 fully saturated rings. The van der Waals surface area contributed by atoms with Gasteiger partial charge in [-0.15, -0.1) is 0 Å². The van der Waals surface area contributed by atoms with Gasteiger partial charge in [-0.05, 0) is 91.3 Å². The minimum absolute atomic E-state index is 0.225. The molecule has 9 unspecified atom stereocenters. The van der Waals surface area contributed by atoms with Crippen LogP contribution in [0.25, 0.3) is 0 Å². The van der Waals surface area contributed by atoms with E-state index in [1.165, 1.54) is 32.1 Å². The number of rotatable bonds is 7. The molecule has 7 nitrogen and oxygen atoms in total. The van der Waals surface area contributed by atoms with Crippen molar-refractivity contribution in [2.24, 2.45) is 52.3 Å². The predicted molar refractivity (Wildman–Crippen MR) is 153 cm³/mol. The number of ether oxygens (including phenoxy) is 1. The Balaban J connectivity index is 1.44. The van der Waals surface area contributed by atoms with E-state index in [0.717, 1.165) is 36.7 Å². The van der Waals surface area contributed by atoms with Crippen molar-refractivity contribution in [3.63, 3.8) is 0 Å². The van der Waals surface area contributed by atoms with Crippen molar-refractivity contribution in [3.05, 3.63) is 11.6 Å². The highest BCUT2D eigenvalue weighted by Crippen LogP contribution is 2.69. The first kappa shape index (κ1) is 30.9. The molecule has 5 rings (SSSR count). The monoisotopic (exact) mass is 564 g/mol. The summed E-state index contributed by atoms with van der Waals surface area (Å²) in [5.41, 5.74) is 0.870. The van der Waals surface area contributed by atoms with E-state index in [-0.39, 0.29) is 12.3 Å². The molecule has 0 aromatic rings. The molecule has 3 saturated carbocycles. The molecule has 0 radical (unpaired) electrons. The second-order valence-corrected chi connectivity index (χ2v) is 15.3. The van der Waals surface area contributed by atoms with Crippen LogP contribution < -0.4 is 0 Å². The highest BCUT2D eigenvalue weighted by atomic mass is 16.7. The molecule has 7 heteroatoms. The summed E-state index contributed by atoms with van der Waals surface area (Å²) in [6, 6.07) is 0. The summed E-state index contributed by atoms with van der Waals surface area (Å²) in [5.74, 6) is 0.596. The van der Waals surface area contributed by atoms with Crippen LogP contribution in [0.5, 0.6) is 0 Å². The van der Waals surface area contributed by atoms with Crippen LogP contribution in [0.1, 0.15) is 98.8 Å². The maximum Gasteiger partial charge on any atom is 0.198 e. The minimum Gasteiger partial charge on any atom is -0.394 e. The SMILES string of the molecule is CC(C)CCCC(C)C1CCC2C3CC=C4CC(O)CC([C@@]5(O)O[C@H](CO)[C@H](O)[C@H](O)[C@H]5O)C4(C)C3CCC12C. The van der Waals surface area contributed by atoms with Gasteiger partial charge in [-0.25, -0.2) is 0 Å². The van der Waals surface area contributed by atoms with E-state index in [2.05, 4.69) is 40.7 Å². The molecule has 5 aliphatic rings. The number of fused-ring (bicyclic) bond motifs is 5. The van der Waals surface area contributed by atoms with E-state index >= 15 is 0 Å². The molecule has 0 aromatic heterocycles. The average molecular weight is 565 g/mol. The molecule has 40 heavy (non-hydrogen) atoms. The molecule has 0 amide bonds. The Morgan fingerprint density at radius 2 is 1.70 bits per heavy atom. The van der Waals surface area contributed by atoms with Crippen molar-refractivity contribution >= 4 is 0 Å². The molecule has 4 aliphatic carbocycles. The van der Waals surface area contributed by atoms with Crippen molar-refractivity contribution in [2.75, 3.05) is 6.61 Å². The Labute approximate surface area is 241 Å². The summed E-state index contributed by atoms with van der Waals surface area (Å²) in [6.45, 7) is 11.2. The molecular formula is C33H56O7. The Morgan fingerprint density at radius 1 is 0.975 bits per heavy atom. The first-order valence-corrected chi connectivity index (χ1v) is 16.2. The van der Waals surface area contributed by atoms with Gasteiger partial charge in [0.05, 0.1) is 12.7 Å². The maximum atomic E-state index is 12.0. The van der Waals surface area contributed by atoms with Gasteiger partial charge < -0.3 is 35.4 Å². The van der Waals surface area contributed by atoms with Gasteiger partial charge in [0.2, 0.25) is 0 Å². The zero-order chi connectivity index (χ0) is 29.2. The van der Waals surface area contributed by atoms with Gasteiger partial charge in [0.25, 0.3) is 0 Å². The van der Waals surface area contributed by atoms with Crippen LogP contribution in [0.4, 0.5) is 0 Å². The van der Waals surface area contributed by atoms with Gasteiger partial charge in [0.15, 0.2) is 5.79 Å². The van der Waals surface area contributed by atoms with Crippen molar-refractivity contribution in [2.45, 2.75) is 135 Å². The van der Waals surface area contributed by atoms with Gasteiger partial charge in [-0.2, -0.15) is 0 Å². The summed E-state index contributed by atoms with van der Waals surface area (Å²) in [6.07, 6.45) is 5.74. The molecule has 14 atom stereocenters. The van der Waals surface area contributed by atoms with E-state index in [0.29, 0.717) is 29.6 Å². The van der Waals surface area contributed by atoms with Gasteiger partial charge in [0, 0.05) is 5.92 Å². The number of hydrogen-bond donors (Lipinski definition) is 6. The van der Waals surface area contributed by atoms with Crippen molar-refractivity contribution < 1.29 is 35.4 Å². The smallest absolute Gasteiger partial charge is 0.198 e. The molecule has 1 heterocycles. The van der Waals surface area contributed by atoms with Crippen molar-refractivity contribution in [1.82, 2.24) is 0 Å². The lowest BCUT2D eigenvalue weighted by molar-refractivity contribution is -0.384. The standard InChI is InChI=1S/C33H56O7/c1-18(2)7-6-8-19(3)23-11-12-24-22-10-9-20-15-21(35)16-27(32(20,5)25(22)13-14-31(23,24)4)33(39)30(38)29(37)28(36)26(17-34)40-33/h9,18-19,21-30,34-39H,6-8,10-17H2,1-5H3/t19?,21?,22?,23?,24?,25?,26-,27?,28+,29+,30-,31?,32?,33-/m1/s1. The topological polar surface area (TPSA) is 131 Å².